The largest absolute Gasteiger partial charge is 0.493 e. The molecule has 1 aliphatic rings. The van der Waals surface area contributed by atoms with E-state index in [1.807, 2.05) is 30.1 Å². The van der Waals surface area contributed by atoms with Crippen LogP contribution in [-0.2, 0) is 13.5 Å². The molecule has 5 nitrogen and oxygen atoms in total. The van der Waals surface area contributed by atoms with Crippen molar-refractivity contribution in [3.8, 4) is 5.75 Å². The lowest BCUT2D eigenvalue weighted by Crippen LogP contribution is -2.43. The Bertz CT molecular complexity index is 575. The highest BCUT2D eigenvalue weighted by atomic mass is 16.5. The van der Waals surface area contributed by atoms with Crippen LogP contribution in [0.25, 0.3) is 0 Å². The average Bonchev–Trinajstić information content (AvgIpc) is 2.94. The van der Waals surface area contributed by atoms with Gasteiger partial charge in [0.15, 0.2) is 0 Å². The quantitative estimate of drug-likeness (QED) is 0.903. The molecule has 112 valence electrons. The molecule has 1 aromatic heterocycles. The van der Waals surface area contributed by atoms with Gasteiger partial charge < -0.3 is 15.0 Å². The van der Waals surface area contributed by atoms with Crippen molar-refractivity contribution in [2.45, 2.75) is 6.42 Å². The van der Waals surface area contributed by atoms with Gasteiger partial charge in [0, 0.05) is 63.3 Å². The maximum atomic E-state index is 5.88. The molecule has 2 aromatic rings. The molecule has 0 unspecified atom stereocenters. The van der Waals surface area contributed by atoms with E-state index in [0.29, 0.717) is 6.61 Å². The third kappa shape index (κ3) is 3.55. The first-order valence-electron chi connectivity index (χ1n) is 7.48. The Labute approximate surface area is 125 Å². The Hall–Kier alpha value is -2.01. The zero-order valence-corrected chi connectivity index (χ0v) is 12.5. The van der Waals surface area contributed by atoms with Crippen molar-refractivity contribution in [2.75, 3.05) is 37.7 Å². The molecule has 1 aromatic carbocycles. The van der Waals surface area contributed by atoms with Crippen LogP contribution in [0.15, 0.2) is 36.5 Å². The highest BCUT2D eigenvalue weighted by Crippen LogP contribution is 2.21. The van der Waals surface area contributed by atoms with Crippen molar-refractivity contribution >= 4 is 5.69 Å². The van der Waals surface area contributed by atoms with Gasteiger partial charge in [-0.3, -0.25) is 4.68 Å². The summed E-state index contributed by atoms with van der Waals surface area (Å²) in [6.45, 7) is 4.87. The van der Waals surface area contributed by atoms with Crippen molar-refractivity contribution in [2.24, 2.45) is 7.05 Å². The van der Waals surface area contributed by atoms with Gasteiger partial charge in [0.1, 0.15) is 5.75 Å². The monoisotopic (exact) mass is 286 g/mol. The van der Waals surface area contributed by atoms with E-state index >= 15 is 0 Å². The van der Waals surface area contributed by atoms with E-state index in [4.69, 9.17) is 4.74 Å². The Morgan fingerprint density at radius 2 is 2.10 bits per heavy atom. The van der Waals surface area contributed by atoms with Crippen LogP contribution in [0.1, 0.15) is 5.69 Å². The topological polar surface area (TPSA) is 42.3 Å². The minimum atomic E-state index is 0.671. The zero-order chi connectivity index (χ0) is 14.5. The zero-order valence-electron chi connectivity index (χ0n) is 12.5. The molecular formula is C16H22N4O. The van der Waals surface area contributed by atoms with E-state index in [9.17, 15) is 0 Å². The van der Waals surface area contributed by atoms with Gasteiger partial charge in [-0.15, -0.1) is 0 Å². The summed E-state index contributed by atoms with van der Waals surface area (Å²) in [5.74, 6) is 0.938. The molecule has 1 saturated heterocycles. The van der Waals surface area contributed by atoms with Crippen molar-refractivity contribution in [3.05, 3.63) is 42.2 Å². The third-order valence-electron chi connectivity index (χ3n) is 3.85. The first-order chi connectivity index (χ1) is 10.3. The van der Waals surface area contributed by atoms with Crippen LogP contribution >= 0.6 is 0 Å². The van der Waals surface area contributed by atoms with Crippen LogP contribution in [0, 0.1) is 0 Å². The van der Waals surface area contributed by atoms with E-state index in [2.05, 4.69) is 33.5 Å². The first kappa shape index (κ1) is 13.9. The summed E-state index contributed by atoms with van der Waals surface area (Å²) in [6, 6.07) is 10.4. The fourth-order valence-corrected chi connectivity index (χ4v) is 2.61. The summed E-state index contributed by atoms with van der Waals surface area (Å²) in [5, 5.41) is 7.54. The maximum Gasteiger partial charge on any atom is 0.121 e. The van der Waals surface area contributed by atoms with Gasteiger partial charge in [-0.1, -0.05) is 6.07 Å². The number of benzene rings is 1. The molecule has 0 amide bonds. The summed E-state index contributed by atoms with van der Waals surface area (Å²) in [4.78, 5) is 2.39. The number of rotatable bonds is 5. The smallest absolute Gasteiger partial charge is 0.121 e. The van der Waals surface area contributed by atoms with Crippen LogP contribution in [0.5, 0.6) is 5.75 Å². The Kier molecular flexibility index (Phi) is 4.40. The summed E-state index contributed by atoms with van der Waals surface area (Å²) in [7, 11) is 1.96. The number of hydrogen-bond donors (Lipinski definition) is 1. The molecule has 0 atom stereocenters. The highest BCUT2D eigenvalue weighted by molar-refractivity contribution is 5.51. The molecule has 2 heterocycles. The molecule has 5 heteroatoms. The maximum absolute atomic E-state index is 5.88. The highest BCUT2D eigenvalue weighted by Gasteiger charge is 2.10. The van der Waals surface area contributed by atoms with Crippen molar-refractivity contribution in [1.29, 1.82) is 0 Å². The fourth-order valence-electron chi connectivity index (χ4n) is 2.61. The van der Waals surface area contributed by atoms with Crippen LogP contribution in [0.4, 0.5) is 5.69 Å². The minimum Gasteiger partial charge on any atom is -0.493 e. The number of anilines is 1. The molecular weight excluding hydrogens is 264 g/mol. The number of hydrogen-bond acceptors (Lipinski definition) is 4. The lowest BCUT2D eigenvalue weighted by atomic mass is 10.2. The number of nitrogens with zero attached hydrogens (tertiary/aromatic N) is 3. The van der Waals surface area contributed by atoms with Crippen molar-refractivity contribution < 1.29 is 4.74 Å². The lowest BCUT2D eigenvalue weighted by Gasteiger charge is -2.29. The molecule has 21 heavy (non-hydrogen) atoms. The van der Waals surface area contributed by atoms with Gasteiger partial charge in [-0.25, -0.2) is 0 Å². The average molecular weight is 286 g/mol. The first-order valence-corrected chi connectivity index (χ1v) is 7.48. The molecule has 1 aliphatic heterocycles. The molecule has 0 radical (unpaired) electrons. The van der Waals surface area contributed by atoms with E-state index < -0.39 is 0 Å². The summed E-state index contributed by atoms with van der Waals surface area (Å²) in [6.07, 6.45) is 2.69. The van der Waals surface area contributed by atoms with Gasteiger partial charge in [0.25, 0.3) is 0 Å². The predicted octanol–water partition coefficient (Wildman–Crippen LogP) is 1.45. The second kappa shape index (κ2) is 6.63. The molecule has 0 spiro atoms. The number of aromatic nitrogens is 2. The van der Waals surface area contributed by atoms with Crippen LogP contribution in [0.2, 0.25) is 0 Å². The number of nitrogens with one attached hydrogen (secondary N) is 1. The third-order valence-corrected chi connectivity index (χ3v) is 3.85. The predicted molar refractivity (Wildman–Crippen MR) is 83.9 cm³/mol. The second-order valence-corrected chi connectivity index (χ2v) is 5.28. The Balaban J connectivity index is 1.57. The van der Waals surface area contributed by atoms with Gasteiger partial charge in [0.2, 0.25) is 0 Å². The number of aryl methyl sites for hydroxylation is 1. The molecule has 0 aliphatic carbocycles. The fraction of sp³-hybridized carbons (Fsp3) is 0.438. The van der Waals surface area contributed by atoms with E-state index in [0.717, 1.165) is 38.3 Å². The number of piperazine rings is 1. The van der Waals surface area contributed by atoms with Gasteiger partial charge >= 0.3 is 0 Å². The number of ether oxygens (including phenoxy) is 1. The molecule has 0 saturated carbocycles. The molecule has 3 rings (SSSR count). The SMILES string of the molecule is Cn1nccc1CCOc1cccc(N2CCNCC2)c1. The van der Waals surface area contributed by atoms with Crippen molar-refractivity contribution in [1.82, 2.24) is 15.1 Å². The second-order valence-electron chi connectivity index (χ2n) is 5.28. The van der Waals surface area contributed by atoms with E-state index in [1.54, 1.807) is 0 Å². The molecule has 1 N–H and O–H groups in total. The van der Waals surface area contributed by atoms with E-state index in [-0.39, 0.29) is 0 Å². The summed E-state index contributed by atoms with van der Waals surface area (Å²) < 4.78 is 7.77. The Morgan fingerprint density at radius 1 is 1.24 bits per heavy atom. The molecule has 1 fully saturated rings. The van der Waals surface area contributed by atoms with Gasteiger partial charge in [0.05, 0.1) is 6.61 Å². The standard InChI is InChI=1S/C16H22N4O/c1-19-14(5-7-18-19)6-12-21-16-4-2-3-15(13-16)20-10-8-17-9-11-20/h2-5,7,13,17H,6,8-12H2,1H3. The minimum absolute atomic E-state index is 0.671. The normalized spacial score (nSPS) is 15.2. The van der Waals surface area contributed by atoms with Gasteiger partial charge in [-0.2, -0.15) is 5.10 Å². The van der Waals surface area contributed by atoms with Crippen LogP contribution < -0.4 is 15.0 Å². The molecule has 0 bridgehead atoms. The van der Waals surface area contributed by atoms with Crippen LogP contribution in [0.3, 0.4) is 0 Å². The summed E-state index contributed by atoms with van der Waals surface area (Å²) >= 11 is 0. The lowest BCUT2D eigenvalue weighted by molar-refractivity contribution is 0.318. The Morgan fingerprint density at radius 3 is 2.86 bits per heavy atom. The van der Waals surface area contributed by atoms with E-state index in [1.165, 1.54) is 11.4 Å². The summed E-state index contributed by atoms with van der Waals surface area (Å²) in [5.41, 5.74) is 2.43. The van der Waals surface area contributed by atoms with Crippen molar-refractivity contribution in [3.63, 3.8) is 0 Å². The van der Waals surface area contributed by atoms with Gasteiger partial charge in [-0.05, 0) is 18.2 Å². The van der Waals surface area contributed by atoms with Crippen LogP contribution in [-0.4, -0.2) is 42.6 Å².